The molecule has 0 unspecified atom stereocenters. The maximum absolute atomic E-state index is 12.6. The Labute approximate surface area is 161 Å². The van der Waals surface area contributed by atoms with Gasteiger partial charge in [0.05, 0.1) is 21.6 Å². The van der Waals surface area contributed by atoms with Gasteiger partial charge in [0.15, 0.2) is 0 Å². The second kappa shape index (κ2) is 6.60. The number of nitrogens with two attached hydrogens (primary N) is 1. The van der Waals surface area contributed by atoms with Gasteiger partial charge in [-0.2, -0.15) is 4.98 Å². The number of carbonyl (C=O) groups excluding carboxylic acids is 1. The minimum atomic E-state index is -0.618. The molecule has 0 aliphatic rings. The first-order valence-electron chi connectivity index (χ1n) is 7.81. The van der Waals surface area contributed by atoms with Gasteiger partial charge in [-0.15, -0.1) is 11.3 Å². The highest BCUT2D eigenvalue weighted by atomic mass is 35.5. The van der Waals surface area contributed by atoms with Crippen LogP contribution in [0, 0.1) is 6.92 Å². The fraction of sp³-hybridized carbons (Fsp3) is 0.118. The number of benzene rings is 1. The van der Waals surface area contributed by atoms with Crippen LogP contribution >= 0.6 is 22.9 Å². The zero-order chi connectivity index (χ0) is 19.1. The lowest BCUT2D eigenvalue weighted by Gasteiger charge is -2.01. The van der Waals surface area contributed by atoms with Crippen molar-refractivity contribution in [1.82, 2.24) is 19.7 Å². The molecule has 0 atom stereocenters. The molecular formula is C17H12ClN5O3S. The average molecular weight is 402 g/mol. The Morgan fingerprint density at radius 2 is 2.15 bits per heavy atom. The Morgan fingerprint density at radius 1 is 1.37 bits per heavy atom. The molecule has 3 heterocycles. The van der Waals surface area contributed by atoms with E-state index < -0.39 is 5.91 Å². The maximum atomic E-state index is 12.6. The van der Waals surface area contributed by atoms with Crippen molar-refractivity contribution in [3.8, 4) is 22.2 Å². The Bertz CT molecular complexity index is 1240. The number of halogens is 1. The van der Waals surface area contributed by atoms with Gasteiger partial charge in [0.25, 0.3) is 11.4 Å². The zero-order valence-corrected chi connectivity index (χ0v) is 15.5. The predicted octanol–water partition coefficient (Wildman–Crippen LogP) is 2.62. The second-order valence-corrected chi connectivity index (χ2v) is 7.19. The highest BCUT2D eigenvalue weighted by Gasteiger charge is 2.21. The zero-order valence-electron chi connectivity index (χ0n) is 14.0. The summed E-state index contributed by atoms with van der Waals surface area (Å²) >= 11 is 7.44. The van der Waals surface area contributed by atoms with Crippen molar-refractivity contribution in [3.63, 3.8) is 0 Å². The Kier molecular flexibility index (Phi) is 4.25. The van der Waals surface area contributed by atoms with E-state index >= 15 is 0 Å². The van der Waals surface area contributed by atoms with E-state index in [0.29, 0.717) is 37.1 Å². The minimum Gasteiger partial charge on any atom is -0.368 e. The smallest absolute Gasteiger partial charge is 0.268 e. The molecule has 4 rings (SSSR count). The summed E-state index contributed by atoms with van der Waals surface area (Å²) in [5.41, 5.74) is 6.13. The van der Waals surface area contributed by atoms with Gasteiger partial charge in [0, 0.05) is 5.56 Å². The van der Waals surface area contributed by atoms with Crippen LogP contribution in [-0.4, -0.2) is 25.6 Å². The van der Waals surface area contributed by atoms with Crippen LogP contribution < -0.4 is 11.3 Å². The van der Waals surface area contributed by atoms with Crippen molar-refractivity contribution < 1.29 is 9.32 Å². The van der Waals surface area contributed by atoms with Crippen LogP contribution in [0.2, 0.25) is 5.02 Å². The van der Waals surface area contributed by atoms with Crippen LogP contribution in [-0.2, 0) is 11.3 Å². The largest absolute Gasteiger partial charge is 0.368 e. The third kappa shape index (κ3) is 3.00. The monoisotopic (exact) mass is 401 g/mol. The number of amides is 1. The van der Waals surface area contributed by atoms with Crippen molar-refractivity contribution in [3.05, 3.63) is 51.5 Å². The third-order valence-electron chi connectivity index (χ3n) is 3.98. The Balaban J connectivity index is 1.83. The SMILES string of the molecule is Cc1c(-c2nc(-c3ccccc3Cl)no2)sc2ncn(CC(N)=O)c(=O)c12. The number of rotatable bonds is 4. The Morgan fingerprint density at radius 3 is 2.89 bits per heavy atom. The molecule has 0 saturated heterocycles. The van der Waals surface area contributed by atoms with E-state index in [1.165, 1.54) is 22.2 Å². The van der Waals surface area contributed by atoms with Crippen molar-refractivity contribution in [2.45, 2.75) is 13.5 Å². The first-order chi connectivity index (χ1) is 13.0. The van der Waals surface area contributed by atoms with Crippen molar-refractivity contribution in [2.24, 2.45) is 5.73 Å². The molecule has 0 radical (unpaired) electrons. The summed E-state index contributed by atoms with van der Waals surface area (Å²) in [6, 6.07) is 7.17. The number of aromatic nitrogens is 4. The van der Waals surface area contributed by atoms with Gasteiger partial charge in [0.2, 0.25) is 11.7 Å². The molecule has 10 heteroatoms. The van der Waals surface area contributed by atoms with Gasteiger partial charge in [0.1, 0.15) is 11.4 Å². The summed E-state index contributed by atoms with van der Waals surface area (Å²) in [6.45, 7) is 1.54. The summed E-state index contributed by atoms with van der Waals surface area (Å²) < 4.78 is 6.56. The van der Waals surface area contributed by atoms with Crippen molar-refractivity contribution in [2.75, 3.05) is 0 Å². The molecule has 0 bridgehead atoms. The van der Waals surface area contributed by atoms with Crippen LogP contribution in [0.3, 0.4) is 0 Å². The number of hydrogen-bond acceptors (Lipinski definition) is 7. The van der Waals surface area contributed by atoms with Gasteiger partial charge >= 0.3 is 0 Å². The molecule has 0 aliphatic carbocycles. The average Bonchev–Trinajstić information content (AvgIpc) is 3.23. The molecule has 1 amide bonds. The van der Waals surface area contributed by atoms with E-state index in [-0.39, 0.29) is 18.0 Å². The number of hydrogen-bond donors (Lipinski definition) is 1. The van der Waals surface area contributed by atoms with E-state index in [2.05, 4.69) is 15.1 Å². The van der Waals surface area contributed by atoms with Crippen LogP contribution in [0.5, 0.6) is 0 Å². The summed E-state index contributed by atoms with van der Waals surface area (Å²) in [5, 5.41) is 4.89. The van der Waals surface area contributed by atoms with E-state index in [9.17, 15) is 9.59 Å². The first kappa shape index (κ1) is 17.4. The number of aryl methyl sites for hydroxylation is 1. The van der Waals surface area contributed by atoms with Gasteiger partial charge in [-0.25, -0.2) is 4.98 Å². The number of nitrogens with zero attached hydrogens (tertiary/aromatic N) is 4. The van der Waals surface area contributed by atoms with E-state index in [1.54, 1.807) is 19.1 Å². The van der Waals surface area contributed by atoms with Crippen LogP contribution in [0.15, 0.2) is 39.9 Å². The van der Waals surface area contributed by atoms with Crippen molar-refractivity contribution in [1.29, 1.82) is 0 Å². The fourth-order valence-corrected chi connectivity index (χ4v) is 3.99. The lowest BCUT2D eigenvalue weighted by Crippen LogP contribution is -2.28. The molecule has 4 aromatic rings. The topological polar surface area (TPSA) is 117 Å². The summed E-state index contributed by atoms with van der Waals surface area (Å²) in [4.78, 5) is 33.6. The number of fused-ring (bicyclic) bond motifs is 1. The molecule has 0 fully saturated rings. The first-order valence-corrected chi connectivity index (χ1v) is 9.01. The van der Waals surface area contributed by atoms with Crippen LogP contribution in [0.25, 0.3) is 32.4 Å². The van der Waals surface area contributed by atoms with E-state index in [4.69, 9.17) is 21.9 Å². The lowest BCUT2D eigenvalue weighted by molar-refractivity contribution is -0.118. The number of primary amides is 1. The predicted molar refractivity (Wildman–Crippen MR) is 102 cm³/mol. The highest BCUT2D eigenvalue weighted by Crippen LogP contribution is 2.36. The van der Waals surface area contributed by atoms with Gasteiger partial charge in [-0.05, 0) is 24.6 Å². The van der Waals surface area contributed by atoms with Gasteiger partial charge in [-0.3, -0.25) is 14.2 Å². The maximum Gasteiger partial charge on any atom is 0.268 e. The molecule has 8 nitrogen and oxygen atoms in total. The molecule has 27 heavy (non-hydrogen) atoms. The molecule has 2 N–H and O–H groups in total. The normalized spacial score (nSPS) is 11.2. The standard InChI is InChI=1S/C17H12ClN5O3S/c1-8-12-16(20-7-23(17(12)25)6-11(19)24)27-13(8)15-21-14(22-26-15)9-4-2-3-5-10(9)18/h2-5,7H,6H2,1H3,(H2,19,24). The van der Waals surface area contributed by atoms with E-state index in [0.717, 1.165) is 0 Å². The second-order valence-electron chi connectivity index (χ2n) is 5.78. The van der Waals surface area contributed by atoms with E-state index in [1.807, 2.05) is 12.1 Å². The molecular weight excluding hydrogens is 390 g/mol. The molecule has 0 saturated carbocycles. The highest BCUT2D eigenvalue weighted by molar-refractivity contribution is 7.22. The minimum absolute atomic E-state index is 0.233. The Hall–Kier alpha value is -3.04. The fourth-order valence-electron chi connectivity index (χ4n) is 2.71. The molecule has 1 aromatic carbocycles. The van der Waals surface area contributed by atoms with Gasteiger partial charge < -0.3 is 10.3 Å². The van der Waals surface area contributed by atoms with Crippen LogP contribution in [0.1, 0.15) is 5.56 Å². The summed E-state index contributed by atoms with van der Waals surface area (Å²) in [5.74, 6) is 0.00506. The number of thiophene rings is 1. The van der Waals surface area contributed by atoms with Crippen molar-refractivity contribution >= 4 is 39.1 Å². The molecule has 0 spiro atoms. The third-order valence-corrected chi connectivity index (χ3v) is 5.50. The quantitative estimate of drug-likeness (QED) is 0.561. The van der Waals surface area contributed by atoms with Gasteiger partial charge in [-0.1, -0.05) is 28.9 Å². The molecule has 3 aromatic heterocycles. The summed E-state index contributed by atoms with van der Waals surface area (Å²) in [7, 11) is 0. The molecule has 136 valence electrons. The van der Waals surface area contributed by atoms with Crippen LogP contribution in [0.4, 0.5) is 0 Å². The number of carbonyl (C=O) groups is 1. The molecule has 0 aliphatic heterocycles. The summed E-state index contributed by atoms with van der Waals surface area (Å²) in [6.07, 6.45) is 1.30. The lowest BCUT2D eigenvalue weighted by atomic mass is 10.2.